The van der Waals surface area contributed by atoms with Gasteiger partial charge in [0.1, 0.15) is 0 Å². The van der Waals surface area contributed by atoms with E-state index in [0.29, 0.717) is 17.9 Å². The molecule has 0 amide bonds. The molecular weight excluding hydrogens is 371 g/mol. The van der Waals surface area contributed by atoms with Crippen molar-refractivity contribution in [3.05, 3.63) is 48.5 Å². The summed E-state index contributed by atoms with van der Waals surface area (Å²) in [4.78, 5) is 8.43. The summed E-state index contributed by atoms with van der Waals surface area (Å²) in [5, 5.41) is 0. The van der Waals surface area contributed by atoms with Crippen molar-refractivity contribution in [3.8, 4) is 17.1 Å². The Morgan fingerprint density at radius 1 is 1.07 bits per heavy atom. The van der Waals surface area contributed by atoms with E-state index in [1.165, 1.54) is 12.3 Å². The van der Waals surface area contributed by atoms with Gasteiger partial charge in [0, 0.05) is 30.6 Å². The standard InChI is InChI=1S/C20H22F3N3O2/c1-5-27-13(2)17-8-7-15-11-24-16(12-26(15)17)14-6-9-18(25-10-14)28-19(3,4)20(21,22)23/h6-13H,5H2,1-4H3/t13-/m0/s1. The molecule has 0 fully saturated rings. The minimum atomic E-state index is -4.50. The van der Waals surface area contributed by atoms with Crippen LogP contribution in [0.1, 0.15) is 39.5 Å². The van der Waals surface area contributed by atoms with Crippen molar-refractivity contribution in [2.75, 3.05) is 6.61 Å². The number of halogens is 3. The largest absolute Gasteiger partial charge is 0.462 e. The molecule has 3 rings (SSSR count). The molecule has 3 aromatic rings. The Hall–Kier alpha value is -2.61. The second-order valence-electron chi connectivity index (χ2n) is 6.92. The van der Waals surface area contributed by atoms with Crippen LogP contribution in [0, 0.1) is 0 Å². The Labute approximate surface area is 161 Å². The first-order valence-electron chi connectivity index (χ1n) is 8.93. The van der Waals surface area contributed by atoms with E-state index in [1.807, 2.05) is 36.6 Å². The van der Waals surface area contributed by atoms with Crippen molar-refractivity contribution in [1.82, 2.24) is 14.4 Å². The zero-order chi connectivity index (χ0) is 20.5. The maximum absolute atomic E-state index is 13.0. The van der Waals surface area contributed by atoms with E-state index in [-0.39, 0.29) is 12.0 Å². The van der Waals surface area contributed by atoms with E-state index in [2.05, 4.69) is 9.97 Å². The van der Waals surface area contributed by atoms with Gasteiger partial charge in [-0.1, -0.05) is 0 Å². The van der Waals surface area contributed by atoms with Gasteiger partial charge in [0.25, 0.3) is 0 Å². The molecule has 0 aliphatic heterocycles. The Morgan fingerprint density at radius 3 is 2.43 bits per heavy atom. The van der Waals surface area contributed by atoms with Crippen molar-refractivity contribution in [2.24, 2.45) is 0 Å². The van der Waals surface area contributed by atoms with Gasteiger partial charge < -0.3 is 13.9 Å². The Balaban J connectivity index is 1.87. The lowest BCUT2D eigenvalue weighted by Gasteiger charge is -2.28. The summed E-state index contributed by atoms with van der Waals surface area (Å²) < 4.78 is 51.6. The fourth-order valence-corrected chi connectivity index (χ4v) is 2.75. The monoisotopic (exact) mass is 393 g/mol. The summed E-state index contributed by atoms with van der Waals surface area (Å²) in [5.74, 6) is -0.0984. The van der Waals surface area contributed by atoms with Crippen LogP contribution in [0.25, 0.3) is 16.8 Å². The van der Waals surface area contributed by atoms with Crippen molar-refractivity contribution in [3.63, 3.8) is 0 Å². The molecule has 0 saturated carbocycles. The average molecular weight is 393 g/mol. The van der Waals surface area contributed by atoms with Gasteiger partial charge in [-0.3, -0.25) is 4.98 Å². The van der Waals surface area contributed by atoms with E-state index in [9.17, 15) is 13.2 Å². The first-order valence-corrected chi connectivity index (χ1v) is 8.93. The summed E-state index contributed by atoms with van der Waals surface area (Å²) in [7, 11) is 0. The van der Waals surface area contributed by atoms with E-state index in [4.69, 9.17) is 9.47 Å². The molecule has 0 radical (unpaired) electrons. The lowest BCUT2D eigenvalue weighted by Crippen LogP contribution is -2.44. The highest BCUT2D eigenvalue weighted by Crippen LogP contribution is 2.34. The Bertz CT molecular complexity index is 949. The fourth-order valence-electron chi connectivity index (χ4n) is 2.75. The minimum absolute atomic E-state index is 0.0822. The van der Waals surface area contributed by atoms with E-state index in [0.717, 1.165) is 25.1 Å². The predicted octanol–water partition coefficient (Wildman–Crippen LogP) is 5.21. The van der Waals surface area contributed by atoms with Gasteiger partial charge in [0.2, 0.25) is 5.88 Å². The normalized spacial score (nSPS) is 13.7. The fraction of sp³-hybridized carbons (Fsp3) is 0.400. The van der Waals surface area contributed by atoms with Crippen LogP contribution in [-0.4, -0.2) is 32.8 Å². The molecule has 8 heteroatoms. The number of hydrogen-bond acceptors (Lipinski definition) is 4. The predicted molar refractivity (Wildman–Crippen MR) is 99.2 cm³/mol. The van der Waals surface area contributed by atoms with Crippen molar-refractivity contribution >= 4 is 5.52 Å². The summed E-state index contributed by atoms with van der Waals surface area (Å²) in [6.45, 7) is 6.44. The zero-order valence-electron chi connectivity index (χ0n) is 16.1. The van der Waals surface area contributed by atoms with E-state index < -0.39 is 11.8 Å². The summed E-state index contributed by atoms with van der Waals surface area (Å²) in [6, 6.07) is 6.98. The van der Waals surface area contributed by atoms with Gasteiger partial charge in [-0.25, -0.2) is 4.98 Å². The molecule has 0 N–H and O–H groups in total. The van der Waals surface area contributed by atoms with Gasteiger partial charge in [-0.05, 0) is 45.9 Å². The molecule has 0 saturated heterocycles. The third-order valence-corrected chi connectivity index (χ3v) is 4.48. The molecule has 28 heavy (non-hydrogen) atoms. The highest BCUT2D eigenvalue weighted by molar-refractivity contribution is 5.60. The van der Waals surface area contributed by atoms with Crippen molar-refractivity contribution in [1.29, 1.82) is 0 Å². The van der Waals surface area contributed by atoms with Crippen LogP contribution in [-0.2, 0) is 4.74 Å². The van der Waals surface area contributed by atoms with Crippen LogP contribution in [0.5, 0.6) is 5.88 Å². The highest BCUT2D eigenvalue weighted by Gasteiger charge is 2.50. The highest BCUT2D eigenvalue weighted by atomic mass is 19.4. The number of rotatable bonds is 6. The SMILES string of the molecule is CCO[C@@H](C)c1ccc2cnc(-c3ccc(OC(C)(C)C(F)(F)F)nc3)cn12. The molecule has 0 unspecified atom stereocenters. The number of alkyl halides is 3. The second-order valence-corrected chi connectivity index (χ2v) is 6.92. The lowest BCUT2D eigenvalue weighted by atomic mass is 10.1. The van der Waals surface area contributed by atoms with Gasteiger partial charge in [-0.15, -0.1) is 0 Å². The number of fused-ring (bicyclic) bond motifs is 1. The molecule has 0 aromatic carbocycles. The van der Waals surface area contributed by atoms with Crippen LogP contribution < -0.4 is 4.74 Å². The molecule has 3 heterocycles. The Morgan fingerprint density at radius 2 is 1.82 bits per heavy atom. The number of pyridine rings is 1. The zero-order valence-corrected chi connectivity index (χ0v) is 16.1. The molecule has 5 nitrogen and oxygen atoms in total. The maximum Gasteiger partial charge on any atom is 0.427 e. The van der Waals surface area contributed by atoms with E-state index in [1.54, 1.807) is 12.3 Å². The van der Waals surface area contributed by atoms with Crippen LogP contribution in [0.15, 0.2) is 42.9 Å². The summed E-state index contributed by atoms with van der Waals surface area (Å²) >= 11 is 0. The molecule has 3 aromatic heterocycles. The minimum Gasteiger partial charge on any atom is -0.462 e. The molecule has 0 spiro atoms. The van der Waals surface area contributed by atoms with Crippen LogP contribution in [0.3, 0.4) is 0 Å². The number of ether oxygens (including phenoxy) is 2. The van der Waals surface area contributed by atoms with Crippen molar-refractivity contribution in [2.45, 2.75) is 45.6 Å². The molecular formula is C20H22F3N3O2. The van der Waals surface area contributed by atoms with Crippen LogP contribution in [0.4, 0.5) is 13.2 Å². The smallest absolute Gasteiger partial charge is 0.427 e. The Kier molecular flexibility index (Phi) is 5.34. The number of aromatic nitrogens is 3. The lowest BCUT2D eigenvalue weighted by molar-refractivity contribution is -0.235. The van der Waals surface area contributed by atoms with Crippen molar-refractivity contribution < 1.29 is 22.6 Å². The first kappa shape index (κ1) is 20.1. The van der Waals surface area contributed by atoms with Gasteiger partial charge in [-0.2, -0.15) is 13.2 Å². The van der Waals surface area contributed by atoms with E-state index >= 15 is 0 Å². The molecule has 0 aliphatic carbocycles. The van der Waals surface area contributed by atoms with Gasteiger partial charge in [0.05, 0.1) is 29.2 Å². The summed E-state index contributed by atoms with van der Waals surface area (Å²) in [5.41, 5.74) is 0.893. The second kappa shape index (κ2) is 7.43. The first-order chi connectivity index (χ1) is 13.1. The molecule has 1 atom stereocenters. The third-order valence-electron chi connectivity index (χ3n) is 4.48. The maximum atomic E-state index is 13.0. The quantitative estimate of drug-likeness (QED) is 0.577. The number of nitrogens with zero attached hydrogens (tertiary/aromatic N) is 3. The average Bonchev–Trinajstić information content (AvgIpc) is 3.04. The van der Waals surface area contributed by atoms with Gasteiger partial charge in [0.15, 0.2) is 5.60 Å². The third kappa shape index (κ3) is 3.96. The topological polar surface area (TPSA) is 48.7 Å². The van der Waals surface area contributed by atoms with Crippen LogP contribution >= 0.6 is 0 Å². The molecule has 150 valence electrons. The molecule has 0 aliphatic rings. The van der Waals surface area contributed by atoms with Gasteiger partial charge >= 0.3 is 6.18 Å². The molecule has 0 bridgehead atoms. The summed E-state index contributed by atoms with van der Waals surface area (Å²) in [6.07, 6.45) is 0.459. The van der Waals surface area contributed by atoms with Crippen LogP contribution in [0.2, 0.25) is 0 Å². The number of hydrogen-bond donors (Lipinski definition) is 0.